The van der Waals surface area contributed by atoms with E-state index < -0.39 is 24.0 Å². The van der Waals surface area contributed by atoms with E-state index in [4.69, 9.17) is 4.74 Å². The standard InChI is InChI=1S/C23H24N4O4/c1-17(22(29)26-23(30)24-14-18-8-4-2-5-9-18)31-21(28)13-12-19-15-25-27(16-19)20-10-6-3-7-11-20/h2-11,15-17H,12-14H2,1H3,(H2,24,26,29,30). The van der Waals surface area contributed by atoms with Gasteiger partial charge < -0.3 is 10.1 Å². The smallest absolute Gasteiger partial charge is 0.321 e. The number of nitrogens with zero attached hydrogens (tertiary/aromatic N) is 2. The molecule has 0 radical (unpaired) electrons. The van der Waals surface area contributed by atoms with Crippen LogP contribution in [0.4, 0.5) is 4.79 Å². The Kier molecular flexibility index (Phi) is 7.53. The molecule has 0 aliphatic heterocycles. The molecule has 1 atom stereocenters. The average molecular weight is 420 g/mol. The number of ether oxygens (including phenoxy) is 1. The highest BCUT2D eigenvalue weighted by atomic mass is 16.5. The molecule has 2 N–H and O–H groups in total. The lowest BCUT2D eigenvalue weighted by Crippen LogP contribution is -2.44. The maximum atomic E-state index is 12.1. The van der Waals surface area contributed by atoms with Crippen molar-refractivity contribution in [3.63, 3.8) is 0 Å². The number of hydrogen-bond donors (Lipinski definition) is 2. The quantitative estimate of drug-likeness (QED) is 0.546. The molecule has 8 nitrogen and oxygen atoms in total. The molecular weight excluding hydrogens is 396 g/mol. The number of hydrogen-bond acceptors (Lipinski definition) is 5. The summed E-state index contributed by atoms with van der Waals surface area (Å²) in [7, 11) is 0. The molecule has 31 heavy (non-hydrogen) atoms. The first-order valence-corrected chi connectivity index (χ1v) is 9.92. The van der Waals surface area contributed by atoms with Crippen LogP contribution in [0.3, 0.4) is 0 Å². The summed E-state index contributed by atoms with van der Waals surface area (Å²) >= 11 is 0. The fourth-order valence-electron chi connectivity index (χ4n) is 2.80. The molecule has 160 valence electrons. The number of nitrogens with one attached hydrogen (secondary N) is 2. The molecule has 0 saturated carbocycles. The Hall–Kier alpha value is -3.94. The summed E-state index contributed by atoms with van der Waals surface area (Å²) in [5.74, 6) is -1.21. The van der Waals surface area contributed by atoms with Crippen molar-refractivity contribution in [2.75, 3.05) is 0 Å². The Bertz CT molecular complexity index is 1020. The Morgan fingerprint density at radius 2 is 1.68 bits per heavy atom. The number of urea groups is 1. The largest absolute Gasteiger partial charge is 0.453 e. The fraction of sp³-hybridized carbons (Fsp3) is 0.217. The molecule has 2 aromatic carbocycles. The normalized spacial score (nSPS) is 11.4. The molecule has 1 heterocycles. The van der Waals surface area contributed by atoms with E-state index >= 15 is 0 Å². The van der Waals surface area contributed by atoms with Crippen LogP contribution in [-0.4, -0.2) is 33.8 Å². The summed E-state index contributed by atoms with van der Waals surface area (Å²) in [6.07, 6.45) is 2.97. The van der Waals surface area contributed by atoms with E-state index in [-0.39, 0.29) is 13.0 Å². The van der Waals surface area contributed by atoms with Crippen molar-refractivity contribution in [1.82, 2.24) is 20.4 Å². The lowest BCUT2D eigenvalue weighted by atomic mass is 10.2. The second kappa shape index (κ2) is 10.7. The van der Waals surface area contributed by atoms with Crippen molar-refractivity contribution in [2.45, 2.75) is 32.4 Å². The Labute approximate surface area is 180 Å². The van der Waals surface area contributed by atoms with Gasteiger partial charge in [-0.1, -0.05) is 48.5 Å². The van der Waals surface area contributed by atoms with Crippen LogP contribution >= 0.6 is 0 Å². The van der Waals surface area contributed by atoms with Gasteiger partial charge in [-0.15, -0.1) is 0 Å². The summed E-state index contributed by atoms with van der Waals surface area (Å²) in [6.45, 7) is 1.70. The monoisotopic (exact) mass is 420 g/mol. The van der Waals surface area contributed by atoms with Gasteiger partial charge in [0.15, 0.2) is 6.10 Å². The zero-order valence-corrected chi connectivity index (χ0v) is 17.2. The third-order valence-corrected chi connectivity index (χ3v) is 4.48. The zero-order chi connectivity index (χ0) is 22.1. The van der Waals surface area contributed by atoms with Crippen LogP contribution in [-0.2, 0) is 27.3 Å². The van der Waals surface area contributed by atoms with Crippen LogP contribution in [0.25, 0.3) is 5.69 Å². The van der Waals surface area contributed by atoms with Crippen LogP contribution in [0, 0.1) is 0 Å². The highest BCUT2D eigenvalue weighted by molar-refractivity contribution is 5.97. The number of imide groups is 1. The molecule has 8 heteroatoms. The predicted molar refractivity (Wildman–Crippen MR) is 114 cm³/mol. The number of rotatable bonds is 8. The second-order valence-corrected chi connectivity index (χ2v) is 6.92. The van der Waals surface area contributed by atoms with E-state index in [2.05, 4.69) is 15.7 Å². The van der Waals surface area contributed by atoms with Gasteiger partial charge in [0.05, 0.1) is 11.9 Å². The highest BCUT2D eigenvalue weighted by Gasteiger charge is 2.20. The average Bonchev–Trinajstić information content (AvgIpc) is 3.27. The number of esters is 1. The summed E-state index contributed by atoms with van der Waals surface area (Å²) in [6, 6.07) is 18.3. The summed E-state index contributed by atoms with van der Waals surface area (Å²) in [5.41, 5.74) is 2.70. The van der Waals surface area contributed by atoms with Crippen molar-refractivity contribution in [3.8, 4) is 5.69 Å². The molecule has 3 amide bonds. The van der Waals surface area contributed by atoms with Gasteiger partial charge in [0.1, 0.15) is 0 Å². The molecule has 0 bridgehead atoms. The number of carbonyl (C=O) groups excluding carboxylic acids is 3. The Balaban J connectivity index is 1.39. The predicted octanol–water partition coefficient (Wildman–Crippen LogP) is 2.76. The molecule has 3 rings (SSSR count). The third kappa shape index (κ3) is 6.81. The van der Waals surface area contributed by atoms with Crippen molar-refractivity contribution < 1.29 is 19.1 Å². The number of aryl methyl sites for hydroxylation is 1. The van der Waals surface area contributed by atoms with Gasteiger partial charge in [-0.2, -0.15) is 5.10 Å². The molecule has 0 aliphatic rings. The topological polar surface area (TPSA) is 102 Å². The molecule has 0 spiro atoms. The lowest BCUT2D eigenvalue weighted by Gasteiger charge is -2.13. The lowest BCUT2D eigenvalue weighted by molar-refractivity contribution is -0.154. The molecule has 1 aromatic heterocycles. The van der Waals surface area contributed by atoms with Crippen molar-refractivity contribution in [2.24, 2.45) is 0 Å². The van der Waals surface area contributed by atoms with E-state index in [9.17, 15) is 14.4 Å². The van der Waals surface area contributed by atoms with Crippen LogP contribution < -0.4 is 10.6 Å². The second-order valence-electron chi connectivity index (χ2n) is 6.92. The van der Waals surface area contributed by atoms with Gasteiger partial charge in [-0.3, -0.25) is 14.9 Å². The molecule has 0 saturated heterocycles. The number of carbonyl (C=O) groups is 3. The summed E-state index contributed by atoms with van der Waals surface area (Å²) in [5, 5.41) is 9.03. The van der Waals surface area contributed by atoms with Crippen molar-refractivity contribution in [3.05, 3.63) is 84.2 Å². The minimum Gasteiger partial charge on any atom is -0.453 e. The Morgan fingerprint density at radius 1 is 1.00 bits per heavy atom. The molecular formula is C23H24N4O4. The third-order valence-electron chi connectivity index (χ3n) is 4.48. The van der Waals surface area contributed by atoms with E-state index in [0.29, 0.717) is 6.42 Å². The summed E-state index contributed by atoms with van der Waals surface area (Å²) < 4.78 is 6.86. The van der Waals surface area contributed by atoms with Crippen molar-refractivity contribution in [1.29, 1.82) is 0 Å². The minimum absolute atomic E-state index is 0.0955. The van der Waals surface area contributed by atoms with E-state index in [1.807, 2.05) is 66.9 Å². The van der Waals surface area contributed by atoms with Crippen molar-refractivity contribution >= 4 is 17.9 Å². The van der Waals surface area contributed by atoms with Gasteiger partial charge in [0.25, 0.3) is 5.91 Å². The van der Waals surface area contributed by atoms with Gasteiger partial charge in [-0.25, -0.2) is 9.48 Å². The van der Waals surface area contributed by atoms with Gasteiger partial charge >= 0.3 is 12.0 Å². The SMILES string of the molecule is CC(OC(=O)CCc1cnn(-c2ccccc2)c1)C(=O)NC(=O)NCc1ccccc1. The van der Waals surface area contributed by atoms with E-state index in [1.165, 1.54) is 6.92 Å². The maximum Gasteiger partial charge on any atom is 0.321 e. The van der Waals surface area contributed by atoms with Gasteiger partial charge in [0.2, 0.25) is 0 Å². The number of amides is 3. The van der Waals surface area contributed by atoms with Crippen LogP contribution in [0.1, 0.15) is 24.5 Å². The van der Waals surface area contributed by atoms with Gasteiger partial charge in [0, 0.05) is 19.2 Å². The molecule has 0 aliphatic carbocycles. The number of benzene rings is 2. The molecule has 0 fully saturated rings. The maximum absolute atomic E-state index is 12.1. The number of para-hydroxylation sites is 1. The first-order chi connectivity index (χ1) is 15.0. The van der Waals surface area contributed by atoms with E-state index in [0.717, 1.165) is 16.8 Å². The minimum atomic E-state index is -1.08. The summed E-state index contributed by atoms with van der Waals surface area (Å²) in [4.78, 5) is 36.0. The van der Waals surface area contributed by atoms with Crippen LogP contribution in [0.5, 0.6) is 0 Å². The molecule has 1 unspecified atom stereocenters. The zero-order valence-electron chi connectivity index (χ0n) is 17.2. The fourth-order valence-corrected chi connectivity index (χ4v) is 2.80. The van der Waals surface area contributed by atoms with Crippen LogP contribution in [0.15, 0.2) is 73.1 Å². The first-order valence-electron chi connectivity index (χ1n) is 9.92. The Morgan fingerprint density at radius 3 is 2.39 bits per heavy atom. The van der Waals surface area contributed by atoms with E-state index in [1.54, 1.807) is 10.9 Å². The first kappa shape index (κ1) is 21.8. The highest BCUT2D eigenvalue weighted by Crippen LogP contribution is 2.10. The molecule has 3 aromatic rings. The number of aromatic nitrogens is 2. The van der Waals surface area contributed by atoms with Crippen LogP contribution in [0.2, 0.25) is 0 Å². The van der Waals surface area contributed by atoms with Gasteiger partial charge in [-0.05, 0) is 36.6 Å².